The van der Waals surface area contributed by atoms with E-state index in [1.165, 1.54) is 11.8 Å². The van der Waals surface area contributed by atoms with Crippen molar-refractivity contribution < 1.29 is 4.74 Å². The zero-order valence-corrected chi connectivity index (χ0v) is 17.3. The minimum atomic E-state index is 0.228. The smallest absolute Gasteiger partial charge is 0.146 e. The van der Waals surface area contributed by atoms with E-state index in [-0.39, 0.29) is 6.61 Å². The molecule has 0 aliphatic heterocycles. The Bertz CT molecular complexity index is 975. The van der Waals surface area contributed by atoms with Crippen LogP contribution in [-0.2, 0) is 6.61 Å². The van der Waals surface area contributed by atoms with E-state index in [0.29, 0.717) is 25.7 Å². The van der Waals surface area contributed by atoms with E-state index < -0.39 is 0 Å². The number of rotatable bonds is 4. The maximum Gasteiger partial charge on any atom is 0.146 e. The molecule has 1 aromatic carbocycles. The minimum absolute atomic E-state index is 0.228. The van der Waals surface area contributed by atoms with Gasteiger partial charge in [-0.2, -0.15) is 0 Å². The van der Waals surface area contributed by atoms with Crippen LogP contribution in [0.5, 0.6) is 5.75 Å². The molecule has 8 heteroatoms. The molecule has 0 saturated carbocycles. The van der Waals surface area contributed by atoms with E-state index in [9.17, 15) is 0 Å². The maximum atomic E-state index is 6.17. The maximum absolute atomic E-state index is 6.17. The summed E-state index contributed by atoms with van der Waals surface area (Å²) >= 11 is 18.2. The molecule has 0 N–H and O–H groups in total. The molecule has 26 heavy (non-hydrogen) atoms. The average molecular weight is 424 g/mol. The van der Waals surface area contributed by atoms with Crippen LogP contribution in [0.2, 0.25) is 10.0 Å². The van der Waals surface area contributed by atoms with Gasteiger partial charge in [0.05, 0.1) is 10.0 Å². The van der Waals surface area contributed by atoms with Crippen LogP contribution in [0.3, 0.4) is 0 Å². The Morgan fingerprint density at radius 1 is 1.27 bits per heavy atom. The third kappa shape index (κ3) is 4.26. The number of halogens is 2. The molecule has 134 valence electrons. The molecule has 0 unspecified atom stereocenters. The van der Waals surface area contributed by atoms with E-state index in [0.717, 1.165) is 21.5 Å². The lowest BCUT2D eigenvalue weighted by Crippen LogP contribution is -2.00. The Labute approximate surface area is 171 Å². The first-order chi connectivity index (χ1) is 12.5. The van der Waals surface area contributed by atoms with Crippen molar-refractivity contribution in [3.63, 3.8) is 0 Å². The number of aromatic nitrogens is 2. The van der Waals surface area contributed by atoms with Crippen molar-refractivity contribution in [1.82, 2.24) is 9.97 Å². The number of aliphatic imine (C=N–C) groups is 1. The van der Waals surface area contributed by atoms with Crippen LogP contribution in [-0.4, -0.2) is 21.4 Å². The first-order valence-corrected chi connectivity index (χ1v) is 9.66. The predicted octanol–water partition coefficient (Wildman–Crippen LogP) is 5.83. The summed E-state index contributed by atoms with van der Waals surface area (Å²) < 4.78 is 6.67. The van der Waals surface area contributed by atoms with Crippen molar-refractivity contribution in [1.29, 1.82) is 0 Å². The number of aryl methyl sites for hydroxylation is 1. The van der Waals surface area contributed by atoms with Crippen molar-refractivity contribution in [2.45, 2.75) is 18.4 Å². The van der Waals surface area contributed by atoms with Crippen LogP contribution in [0, 0.1) is 6.92 Å². The summed E-state index contributed by atoms with van der Waals surface area (Å²) in [6.07, 6.45) is 3.09. The summed E-state index contributed by atoms with van der Waals surface area (Å²) in [5.74, 6) is 0.658. The van der Waals surface area contributed by atoms with Crippen LogP contribution in [0.25, 0.3) is 10.9 Å². The SMILES string of the molecule is C/N=C(\S)Sc1cc(C)nc2c(OCc3c(Cl)cncc3Cl)cccc12. The Kier molecular flexibility index (Phi) is 6.29. The molecule has 3 rings (SSSR count). The molecule has 4 nitrogen and oxygen atoms in total. The number of hydrogen-bond donors (Lipinski definition) is 1. The lowest BCUT2D eigenvalue weighted by atomic mass is 10.2. The topological polar surface area (TPSA) is 47.4 Å². The van der Waals surface area contributed by atoms with Crippen LogP contribution in [0.15, 0.2) is 46.5 Å². The molecule has 0 amide bonds. The number of pyridine rings is 2. The Morgan fingerprint density at radius 3 is 2.69 bits per heavy atom. The molecule has 0 saturated heterocycles. The fourth-order valence-corrected chi connectivity index (χ4v) is 3.94. The van der Waals surface area contributed by atoms with Gasteiger partial charge in [-0.15, -0.1) is 12.6 Å². The summed E-state index contributed by atoms with van der Waals surface area (Å²) in [5, 5.41) is 1.91. The molecule has 0 aliphatic carbocycles. The first kappa shape index (κ1) is 19.3. The molecule has 2 aromatic heterocycles. The van der Waals surface area contributed by atoms with Crippen LogP contribution >= 0.6 is 47.6 Å². The largest absolute Gasteiger partial charge is 0.487 e. The van der Waals surface area contributed by atoms with Gasteiger partial charge in [-0.3, -0.25) is 9.98 Å². The van der Waals surface area contributed by atoms with Crippen molar-refractivity contribution in [3.05, 3.63) is 58.0 Å². The van der Waals surface area contributed by atoms with Crippen LogP contribution < -0.4 is 4.74 Å². The van der Waals surface area contributed by atoms with Crippen molar-refractivity contribution in [2.75, 3.05) is 7.05 Å². The zero-order chi connectivity index (χ0) is 18.7. The number of thiol groups is 1. The third-order valence-corrected chi connectivity index (χ3v) is 5.66. The minimum Gasteiger partial charge on any atom is -0.487 e. The zero-order valence-electron chi connectivity index (χ0n) is 14.0. The number of thioether (sulfide) groups is 1. The highest BCUT2D eigenvalue weighted by molar-refractivity contribution is 8.32. The number of fused-ring (bicyclic) bond motifs is 1. The van der Waals surface area contributed by atoms with Gasteiger partial charge in [-0.05, 0) is 19.1 Å². The Hall–Kier alpha value is -1.47. The predicted molar refractivity (Wildman–Crippen MR) is 113 cm³/mol. The second kappa shape index (κ2) is 8.48. The summed E-state index contributed by atoms with van der Waals surface area (Å²) in [7, 11) is 1.71. The number of benzene rings is 1. The van der Waals surface area contributed by atoms with Crippen LogP contribution in [0.1, 0.15) is 11.3 Å². The molecular weight excluding hydrogens is 409 g/mol. The van der Waals surface area contributed by atoms with Gasteiger partial charge in [-0.25, -0.2) is 4.98 Å². The normalized spacial score (nSPS) is 11.8. The molecule has 0 fully saturated rings. The van der Waals surface area contributed by atoms with Gasteiger partial charge in [0.25, 0.3) is 0 Å². The van der Waals surface area contributed by atoms with Gasteiger partial charge in [-0.1, -0.05) is 47.1 Å². The number of para-hydroxylation sites is 1. The van der Waals surface area contributed by atoms with Crippen molar-refractivity contribution >= 4 is 62.9 Å². The fraction of sp³-hybridized carbons (Fsp3) is 0.167. The van der Waals surface area contributed by atoms with E-state index in [1.54, 1.807) is 19.4 Å². The average Bonchev–Trinajstić information content (AvgIpc) is 2.61. The number of hydrogen-bond acceptors (Lipinski definition) is 5. The molecular formula is C18H15Cl2N3OS2. The van der Waals surface area contributed by atoms with Crippen molar-refractivity contribution in [2.24, 2.45) is 4.99 Å². The third-order valence-electron chi connectivity index (χ3n) is 3.61. The van der Waals surface area contributed by atoms with E-state index in [1.807, 2.05) is 31.2 Å². The Balaban J connectivity index is 1.99. The van der Waals surface area contributed by atoms with Crippen molar-refractivity contribution in [3.8, 4) is 5.75 Å². The Morgan fingerprint density at radius 2 is 2.00 bits per heavy atom. The molecule has 0 bridgehead atoms. The van der Waals surface area contributed by atoms with E-state index in [4.69, 9.17) is 27.9 Å². The van der Waals surface area contributed by atoms with Gasteiger partial charge in [0.2, 0.25) is 0 Å². The summed E-state index contributed by atoms with van der Waals surface area (Å²) in [6, 6.07) is 7.81. The van der Waals surface area contributed by atoms with Crippen LogP contribution in [0.4, 0.5) is 0 Å². The highest BCUT2D eigenvalue weighted by atomic mass is 35.5. The second-order valence-electron chi connectivity index (χ2n) is 5.39. The van der Waals surface area contributed by atoms with Gasteiger partial charge < -0.3 is 4.74 Å². The molecule has 0 radical (unpaired) electrons. The standard InChI is InChI=1S/C18H15Cl2N3OS2/c1-10-6-16(26-18(25)21-2)11-4-3-5-15(17(11)23-10)24-9-12-13(19)7-22-8-14(12)20/h3-8H,9H2,1-2H3,(H,21,25). The van der Waals surface area contributed by atoms with E-state index in [2.05, 4.69) is 27.6 Å². The molecule has 0 aliphatic rings. The monoisotopic (exact) mass is 423 g/mol. The molecule has 0 atom stereocenters. The highest BCUT2D eigenvalue weighted by Gasteiger charge is 2.13. The fourth-order valence-electron chi connectivity index (χ4n) is 2.38. The van der Waals surface area contributed by atoms with Gasteiger partial charge in [0, 0.05) is 41.0 Å². The summed E-state index contributed by atoms with van der Waals surface area (Å²) in [6.45, 7) is 2.17. The van der Waals surface area contributed by atoms with Gasteiger partial charge in [0.1, 0.15) is 22.2 Å². The number of nitrogens with zero attached hydrogens (tertiary/aromatic N) is 3. The molecule has 0 spiro atoms. The van der Waals surface area contributed by atoms with Gasteiger partial charge >= 0.3 is 0 Å². The summed E-state index contributed by atoms with van der Waals surface area (Å²) in [5.41, 5.74) is 2.35. The summed E-state index contributed by atoms with van der Waals surface area (Å²) in [4.78, 5) is 13.7. The molecule has 2 heterocycles. The lowest BCUT2D eigenvalue weighted by molar-refractivity contribution is 0.309. The lowest BCUT2D eigenvalue weighted by Gasteiger charge is -2.13. The number of ether oxygens (including phenoxy) is 1. The highest BCUT2D eigenvalue weighted by Crippen LogP contribution is 2.34. The first-order valence-electron chi connectivity index (χ1n) is 7.64. The molecule has 3 aromatic rings. The quantitative estimate of drug-likeness (QED) is 0.248. The van der Waals surface area contributed by atoms with E-state index >= 15 is 0 Å². The second-order valence-corrected chi connectivity index (χ2v) is 7.96. The van der Waals surface area contributed by atoms with Gasteiger partial charge in [0.15, 0.2) is 0 Å².